The zero-order valence-corrected chi connectivity index (χ0v) is 10.7. The summed E-state index contributed by atoms with van der Waals surface area (Å²) in [6.45, 7) is 1.45. The Bertz CT molecular complexity index is 375. The van der Waals surface area contributed by atoms with Crippen LogP contribution in [0.5, 0.6) is 0 Å². The van der Waals surface area contributed by atoms with Gasteiger partial charge in [-0.15, -0.1) is 0 Å². The lowest BCUT2D eigenvalue weighted by molar-refractivity contribution is -0.119. The molecule has 0 radical (unpaired) electrons. The second-order valence-electron chi connectivity index (χ2n) is 4.05. The molecule has 5 nitrogen and oxygen atoms in total. The van der Waals surface area contributed by atoms with Gasteiger partial charge in [0.25, 0.3) is 0 Å². The summed E-state index contributed by atoms with van der Waals surface area (Å²) in [5, 5.41) is 3.74. The van der Waals surface area contributed by atoms with Crippen LogP contribution < -0.4 is 5.32 Å². The van der Waals surface area contributed by atoms with E-state index in [1.54, 1.807) is 6.20 Å². The molecular formula is C11H17N3O2S. The van der Waals surface area contributed by atoms with Crippen molar-refractivity contribution in [1.82, 2.24) is 14.9 Å². The molecule has 1 amide bonds. The van der Waals surface area contributed by atoms with Crippen LogP contribution in [0, 0.1) is 0 Å². The van der Waals surface area contributed by atoms with Crippen LogP contribution in [-0.2, 0) is 16.6 Å². The second kappa shape index (κ2) is 6.07. The van der Waals surface area contributed by atoms with Gasteiger partial charge < -0.3 is 14.6 Å². The Balaban J connectivity index is 1.65. The Kier molecular flexibility index (Phi) is 4.44. The molecule has 0 aliphatic carbocycles. The van der Waals surface area contributed by atoms with Crippen molar-refractivity contribution in [2.24, 2.45) is 7.05 Å². The first-order valence-corrected chi connectivity index (χ1v) is 6.72. The summed E-state index contributed by atoms with van der Waals surface area (Å²) in [4.78, 5) is 15.7. The van der Waals surface area contributed by atoms with Crippen LogP contribution in [0.4, 0.5) is 0 Å². The molecule has 0 spiro atoms. The van der Waals surface area contributed by atoms with Crippen LogP contribution in [0.15, 0.2) is 17.6 Å². The highest BCUT2D eigenvalue weighted by Crippen LogP contribution is 2.14. The molecule has 1 saturated heterocycles. The number of aryl methyl sites for hydroxylation is 1. The van der Waals surface area contributed by atoms with E-state index in [9.17, 15) is 4.79 Å². The van der Waals surface area contributed by atoms with Crippen molar-refractivity contribution in [3.05, 3.63) is 12.4 Å². The normalized spacial score (nSPS) is 19.5. The molecule has 2 heterocycles. The van der Waals surface area contributed by atoms with E-state index in [2.05, 4.69) is 10.3 Å². The molecule has 0 aromatic carbocycles. The molecule has 1 atom stereocenters. The van der Waals surface area contributed by atoms with E-state index < -0.39 is 0 Å². The second-order valence-corrected chi connectivity index (χ2v) is 4.99. The van der Waals surface area contributed by atoms with Crippen LogP contribution in [0.2, 0.25) is 0 Å². The van der Waals surface area contributed by atoms with Crippen LogP contribution in [0.1, 0.15) is 12.8 Å². The van der Waals surface area contributed by atoms with Gasteiger partial charge in [0.2, 0.25) is 5.91 Å². The molecule has 1 N–H and O–H groups in total. The van der Waals surface area contributed by atoms with Gasteiger partial charge in [0.05, 0.1) is 11.9 Å². The van der Waals surface area contributed by atoms with Gasteiger partial charge in [0.15, 0.2) is 5.16 Å². The fourth-order valence-corrected chi connectivity index (χ4v) is 2.47. The highest BCUT2D eigenvalue weighted by atomic mass is 32.2. The number of carbonyl (C=O) groups is 1. The Morgan fingerprint density at radius 1 is 1.76 bits per heavy atom. The molecule has 1 aliphatic rings. The molecule has 1 unspecified atom stereocenters. The average molecular weight is 255 g/mol. The summed E-state index contributed by atoms with van der Waals surface area (Å²) in [6, 6.07) is 0. The minimum atomic E-state index is 0.0356. The minimum Gasteiger partial charge on any atom is -0.376 e. The third-order valence-electron chi connectivity index (χ3n) is 2.66. The zero-order valence-electron chi connectivity index (χ0n) is 9.89. The lowest BCUT2D eigenvalue weighted by Crippen LogP contribution is -2.32. The number of imidazole rings is 1. The molecule has 17 heavy (non-hydrogen) atoms. The van der Waals surface area contributed by atoms with E-state index in [-0.39, 0.29) is 12.0 Å². The Morgan fingerprint density at radius 3 is 3.29 bits per heavy atom. The predicted octanol–water partition coefficient (Wildman–Crippen LogP) is 0.807. The highest BCUT2D eigenvalue weighted by Gasteiger charge is 2.16. The lowest BCUT2D eigenvalue weighted by atomic mass is 10.2. The number of aromatic nitrogens is 2. The number of hydrogen-bond acceptors (Lipinski definition) is 4. The van der Waals surface area contributed by atoms with Gasteiger partial charge in [-0.3, -0.25) is 4.79 Å². The van der Waals surface area contributed by atoms with Crippen molar-refractivity contribution >= 4 is 17.7 Å². The quantitative estimate of drug-likeness (QED) is 0.791. The summed E-state index contributed by atoms with van der Waals surface area (Å²) >= 11 is 1.44. The van der Waals surface area contributed by atoms with Crippen molar-refractivity contribution in [1.29, 1.82) is 0 Å². The summed E-state index contributed by atoms with van der Waals surface area (Å²) in [6.07, 6.45) is 5.95. The Morgan fingerprint density at radius 2 is 2.65 bits per heavy atom. The largest absolute Gasteiger partial charge is 0.376 e. The van der Waals surface area contributed by atoms with Crippen LogP contribution in [-0.4, -0.2) is 40.5 Å². The molecule has 0 bridgehead atoms. The summed E-state index contributed by atoms with van der Waals surface area (Å²) in [7, 11) is 1.92. The minimum absolute atomic E-state index is 0.0356. The molecule has 1 aliphatic heterocycles. The number of thioether (sulfide) groups is 1. The molecule has 94 valence electrons. The number of nitrogens with one attached hydrogen (secondary N) is 1. The number of amides is 1. The number of hydrogen-bond donors (Lipinski definition) is 1. The molecule has 1 fully saturated rings. The lowest BCUT2D eigenvalue weighted by Gasteiger charge is -2.10. The zero-order chi connectivity index (χ0) is 12.1. The van der Waals surface area contributed by atoms with Crippen molar-refractivity contribution in [3.63, 3.8) is 0 Å². The van der Waals surface area contributed by atoms with E-state index in [4.69, 9.17) is 4.74 Å². The van der Waals surface area contributed by atoms with Crippen LogP contribution in [0.25, 0.3) is 0 Å². The van der Waals surface area contributed by atoms with Gasteiger partial charge in [0, 0.05) is 32.6 Å². The SMILES string of the molecule is Cn1ccnc1SCC(=O)NCC1CCCO1. The number of nitrogens with zero attached hydrogens (tertiary/aromatic N) is 2. The van der Waals surface area contributed by atoms with Crippen molar-refractivity contribution in [2.45, 2.75) is 24.1 Å². The maximum atomic E-state index is 11.6. The monoisotopic (exact) mass is 255 g/mol. The van der Waals surface area contributed by atoms with E-state index in [1.165, 1.54) is 11.8 Å². The Labute approximate surface area is 105 Å². The molecular weight excluding hydrogens is 238 g/mol. The van der Waals surface area contributed by atoms with E-state index >= 15 is 0 Å². The first-order chi connectivity index (χ1) is 8.25. The third-order valence-corrected chi connectivity index (χ3v) is 3.72. The van der Waals surface area contributed by atoms with Gasteiger partial charge >= 0.3 is 0 Å². The Hall–Kier alpha value is -1.01. The molecule has 6 heteroatoms. The van der Waals surface area contributed by atoms with Gasteiger partial charge in [-0.2, -0.15) is 0 Å². The van der Waals surface area contributed by atoms with Gasteiger partial charge in [-0.05, 0) is 12.8 Å². The maximum Gasteiger partial charge on any atom is 0.230 e. The first kappa shape index (κ1) is 12.4. The molecule has 1 aromatic rings. The first-order valence-electron chi connectivity index (χ1n) is 5.74. The fourth-order valence-electron chi connectivity index (χ4n) is 1.71. The molecule has 0 saturated carbocycles. The standard InChI is InChI=1S/C11H17N3O2S/c1-14-5-4-12-11(14)17-8-10(15)13-7-9-3-2-6-16-9/h4-5,9H,2-3,6-8H2,1H3,(H,13,15). The molecule has 1 aromatic heterocycles. The van der Waals surface area contributed by atoms with Crippen LogP contribution in [0.3, 0.4) is 0 Å². The number of carbonyl (C=O) groups excluding carboxylic acids is 1. The van der Waals surface area contributed by atoms with E-state index in [0.717, 1.165) is 24.6 Å². The molecule has 2 rings (SSSR count). The number of rotatable bonds is 5. The highest BCUT2D eigenvalue weighted by molar-refractivity contribution is 7.99. The van der Waals surface area contributed by atoms with Gasteiger partial charge in [-0.25, -0.2) is 4.98 Å². The topological polar surface area (TPSA) is 56.2 Å². The van der Waals surface area contributed by atoms with E-state index in [0.29, 0.717) is 12.3 Å². The number of ether oxygens (including phenoxy) is 1. The maximum absolute atomic E-state index is 11.6. The smallest absolute Gasteiger partial charge is 0.230 e. The van der Waals surface area contributed by atoms with Gasteiger partial charge in [-0.1, -0.05) is 11.8 Å². The van der Waals surface area contributed by atoms with Crippen LogP contribution >= 0.6 is 11.8 Å². The van der Waals surface area contributed by atoms with Crippen molar-refractivity contribution in [2.75, 3.05) is 18.9 Å². The summed E-state index contributed by atoms with van der Waals surface area (Å²) in [5.74, 6) is 0.436. The fraction of sp³-hybridized carbons (Fsp3) is 0.636. The third kappa shape index (κ3) is 3.74. The summed E-state index contributed by atoms with van der Waals surface area (Å²) < 4.78 is 7.34. The van der Waals surface area contributed by atoms with Crippen molar-refractivity contribution < 1.29 is 9.53 Å². The summed E-state index contributed by atoms with van der Waals surface area (Å²) in [5.41, 5.74) is 0. The average Bonchev–Trinajstić information content (AvgIpc) is 2.95. The predicted molar refractivity (Wildman–Crippen MR) is 65.9 cm³/mol. The van der Waals surface area contributed by atoms with Gasteiger partial charge in [0.1, 0.15) is 0 Å². The van der Waals surface area contributed by atoms with Crippen molar-refractivity contribution in [3.8, 4) is 0 Å². The van der Waals surface area contributed by atoms with E-state index in [1.807, 2.05) is 17.8 Å².